The van der Waals surface area contributed by atoms with Crippen LogP contribution < -0.4 is 4.90 Å². The van der Waals surface area contributed by atoms with Crippen LogP contribution in [0.15, 0.2) is 12.4 Å². The maximum atomic E-state index is 5.42. The summed E-state index contributed by atoms with van der Waals surface area (Å²) in [5.41, 5.74) is 1.05. The summed E-state index contributed by atoms with van der Waals surface area (Å²) in [5, 5.41) is 0. The first-order chi connectivity index (χ1) is 11.3. The number of nitrogens with zero attached hydrogens (tertiary/aromatic N) is 5. The van der Waals surface area contributed by atoms with Crippen molar-refractivity contribution in [2.75, 3.05) is 70.5 Å². The highest BCUT2D eigenvalue weighted by Gasteiger charge is 2.40. The summed E-state index contributed by atoms with van der Waals surface area (Å²) in [4.78, 5) is 16.3. The van der Waals surface area contributed by atoms with Gasteiger partial charge >= 0.3 is 0 Å². The Bertz CT molecular complexity index is 519. The Morgan fingerprint density at radius 2 is 1.70 bits per heavy atom. The van der Waals surface area contributed by atoms with Gasteiger partial charge in [0.15, 0.2) is 0 Å². The first-order valence-electron chi connectivity index (χ1n) is 8.84. The van der Waals surface area contributed by atoms with Crippen LogP contribution >= 0.6 is 0 Å². The summed E-state index contributed by atoms with van der Waals surface area (Å²) in [6.45, 7) is 13.2. The van der Waals surface area contributed by atoms with Gasteiger partial charge in [0.05, 0.1) is 13.2 Å². The molecule has 126 valence electrons. The van der Waals surface area contributed by atoms with Crippen molar-refractivity contribution in [2.24, 2.45) is 11.8 Å². The van der Waals surface area contributed by atoms with Gasteiger partial charge in [-0.15, -0.1) is 0 Å². The molecule has 6 heteroatoms. The summed E-state index contributed by atoms with van der Waals surface area (Å²) < 4.78 is 5.42. The molecule has 0 bridgehead atoms. The fourth-order valence-electron chi connectivity index (χ4n) is 4.18. The third-order valence-electron chi connectivity index (χ3n) is 5.51. The van der Waals surface area contributed by atoms with Crippen LogP contribution in [0.25, 0.3) is 0 Å². The Hall–Kier alpha value is -1.24. The molecule has 3 saturated heterocycles. The van der Waals surface area contributed by atoms with Crippen molar-refractivity contribution >= 4 is 5.82 Å². The first kappa shape index (κ1) is 15.3. The average molecular weight is 317 g/mol. The second-order valence-corrected chi connectivity index (χ2v) is 7.16. The number of rotatable bonds is 4. The number of hydrogen-bond donors (Lipinski definition) is 0. The minimum Gasteiger partial charge on any atom is -0.379 e. The van der Waals surface area contributed by atoms with Crippen LogP contribution in [0.1, 0.15) is 5.69 Å². The lowest BCUT2D eigenvalue weighted by molar-refractivity contribution is 0.0341. The van der Waals surface area contributed by atoms with Gasteiger partial charge in [0.1, 0.15) is 12.1 Å². The van der Waals surface area contributed by atoms with Crippen LogP contribution in [0.5, 0.6) is 0 Å². The molecule has 0 amide bonds. The highest BCUT2D eigenvalue weighted by Crippen LogP contribution is 2.33. The van der Waals surface area contributed by atoms with Crippen molar-refractivity contribution in [3.05, 3.63) is 18.1 Å². The molecular formula is C17H27N5O. The van der Waals surface area contributed by atoms with Gasteiger partial charge in [-0.2, -0.15) is 0 Å². The van der Waals surface area contributed by atoms with Crippen LogP contribution in [0.2, 0.25) is 0 Å². The quantitative estimate of drug-likeness (QED) is 0.805. The van der Waals surface area contributed by atoms with Gasteiger partial charge in [0.2, 0.25) is 0 Å². The van der Waals surface area contributed by atoms with E-state index in [-0.39, 0.29) is 0 Å². The predicted molar refractivity (Wildman–Crippen MR) is 89.7 cm³/mol. The fraction of sp³-hybridized carbons (Fsp3) is 0.765. The first-order valence-corrected chi connectivity index (χ1v) is 8.84. The molecule has 2 atom stereocenters. The minimum absolute atomic E-state index is 0.801. The predicted octanol–water partition coefficient (Wildman–Crippen LogP) is 0.485. The molecular weight excluding hydrogens is 290 g/mol. The number of aromatic nitrogens is 2. The third kappa shape index (κ3) is 3.49. The Morgan fingerprint density at radius 1 is 1.00 bits per heavy atom. The van der Waals surface area contributed by atoms with Crippen LogP contribution in [-0.2, 0) is 4.74 Å². The van der Waals surface area contributed by atoms with Crippen molar-refractivity contribution in [2.45, 2.75) is 6.92 Å². The SMILES string of the molecule is Cc1cc(N2CC3CN(CCN4CCOCC4)CC3C2)ncn1. The number of fused-ring (bicyclic) bond motifs is 1. The second kappa shape index (κ2) is 6.71. The van der Waals surface area contributed by atoms with Crippen LogP contribution in [0.3, 0.4) is 0 Å². The zero-order valence-electron chi connectivity index (χ0n) is 14.0. The maximum Gasteiger partial charge on any atom is 0.132 e. The molecule has 0 aliphatic carbocycles. The number of ether oxygens (including phenoxy) is 1. The molecule has 1 aromatic heterocycles. The van der Waals surface area contributed by atoms with Crippen molar-refractivity contribution in [1.29, 1.82) is 0 Å². The summed E-state index contributed by atoms with van der Waals surface area (Å²) in [6, 6.07) is 2.11. The monoisotopic (exact) mass is 317 g/mol. The van der Waals surface area contributed by atoms with Gasteiger partial charge in [-0.05, 0) is 18.8 Å². The number of aryl methyl sites for hydroxylation is 1. The molecule has 3 aliphatic rings. The minimum atomic E-state index is 0.801. The van der Waals surface area contributed by atoms with E-state index in [4.69, 9.17) is 4.74 Å². The smallest absolute Gasteiger partial charge is 0.132 e. The molecule has 2 unspecified atom stereocenters. The molecule has 0 radical (unpaired) electrons. The van der Waals surface area contributed by atoms with E-state index in [0.29, 0.717) is 0 Å². The van der Waals surface area contributed by atoms with Gasteiger partial charge in [0.25, 0.3) is 0 Å². The van der Waals surface area contributed by atoms with Crippen LogP contribution in [-0.4, -0.2) is 85.3 Å². The molecule has 4 heterocycles. The normalized spacial score (nSPS) is 29.2. The highest BCUT2D eigenvalue weighted by molar-refractivity contribution is 5.40. The van der Waals surface area contributed by atoms with Crippen molar-refractivity contribution in [3.63, 3.8) is 0 Å². The van der Waals surface area contributed by atoms with E-state index in [2.05, 4.69) is 30.7 Å². The zero-order chi connectivity index (χ0) is 15.6. The van der Waals surface area contributed by atoms with Gasteiger partial charge in [-0.1, -0.05) is 0 Å². The zero-order valence-corrected chi connectivity index (χ0v) is 14.0. The molecule has 0 N–H and O–H groups in total. The van der Waals surface area contributed by atoms with Crippen molar-refractivity contribution in [1.82, 2.24) is 19.8 Å². The molecule has 3 fully saturated rings. The summed E-state index contributed by atoms with van der Waals surface area (Å²) in [5.74, 6) is 2.71. The highest BCUT2D eigenvalue weighted by atomic mass is 16.5. The molecule has 4 rings (SSSR count). The molecule has 23 heavy (non-hydrogen) atoms. The molecule has 0 spiro atoms. The summed E-state index contributed by atoms with van der Waals surface area (Å²) in [6.07, 6.45) is 1.69. The summed E-state index contributed by atoms with van der Waals surface area (Å²) >= 11 is 0. The molecule has 3 aliphatic heterocycles. The van der Waals surface area contributed by atoms with Gasteiger partial charge < -0.3 is 14.5 Å². The van der Waals surface area contributed by atoms with Gasteiger partial charge in [-0.3, -0.25) is 4.90 Å². The summed E-state index contributed by atoms with van der Waals surface area (Å²) in [7, 11) is 0. The molecule has 0 saturated carbocycles. The standard InChI is InChI=1S/C17H27N5O/c1-14-8-17(19-13-18-14)22-11-15-9-21(10-16(15)12-22)3-2-20-4-6-23-7-5-20/h8,13,15-16H,2-7,9-12H2,1H3. The van der Waals surface area contributed by atoms with Gasteiger partial charge in [-0.25, -0.2) is 9.97 Å². The van der Waals surface area contributed by atoms with E-state index in [1.807, 2.05) is 6.92 Å². The number of hydrogen-bond acceptors (Lipinski definition) is 6. The topological polar surface area (TPSA) is 44.7 Å². The Kier molecular flexibility index (Phi) is 4.46. The number of morpholine rings is 1. The van der Waals surface area contributed by atoms with Crippen LogP contribution in [0, 0.1) is 18.8 Å². The van der Waals surface area contributed by atoms with E-state index >= 15 is 0 Å². The maximum absolute atomic E-state index is 5.42. The van der Waals surface area contributed by atoms with Crippen molar-refractivity contribution in [3.8, 4) is 0 Å². The Balaban J connectivity index is 1.26. The van der Waals surface area contributed by atoms with Gasteiger partial charge in [0, 0.05) is 64.1 Å². The van der Waals surface area contributed by atoms with E-state index in [1.165, 1.54) is 26.2 Å². The largest absolute Gasteiger partial charge is 0.379 e. The lowest BCUT2D eigenvalue weighted by atomic mass is 10.0. The lowest BCUT2D eigenvalue weighted by Gasteiger charge is -2.29. The fourth-order valence-corrected chi connectivity index (χ4v) is 4.18. The third-order valence-corrected chi connectivity index (χ3v) is 5.51. The van der Waals surface area contributed by atoms with E-state index in [9.17, 15) is 0 Å². The van der Waals surface area contributed by atoms with E-state index in [0.717, 1.165) is 62.7 Å². The van der Waals surface area contributed by atoms with E-state index in [1.54, 1.807) is 6.33 Å². The number of likely N-dealkylation sites (tertiary alicyclic amines) is 1. The number of anilines is 1. The van der Waals surface area contributed by atoms with E-state index < -0.39 is 0 Å². The second-order valence-electron chi connectivity index (χ2n) is 7.16. The molecule has 1 aromatic rings. The average Bonchev–Trinajstić information content (AvgIpc) is 3.12. The Labute approximate surface area is 138 Å². The van der Waals surface area contributed by atoms with Crippen molar-refractivity contribution < 1.29 is 4.74 Å². The Morgan fingerprint density at radius 3 is 2.39 bits per heavy atom. The molecule has 0 aromatic carbocycles. The lowest BCUT2D eigenvalue weighted by Crippen LogP contribution is -2.41. The van der Waals surface area contributed by atoms with Crippen LogP contribution in [0.4, 0.5) is 5.82 Å². The molecule has 6 nitrogen and oxygen atoms in total.